The fourth-order valence-electron chi connectivity index (χ4n) is 1.39. The highest BCUT2D eigenvalue weighted by Gasteiger charge is 2.13. The maximum Gasteiger partial charge on any atom is 0.338 e. The van der Waals surface area contributed by atoms with Gasteiger partial charge >= 0.3 is 11.9 Å². The lowest BCUT2D eigenvalue weighted by molar-refractivity contribution is -0.148. The Morgan fingerprint density at radius 2 is 1.80 bits per heavy atom. The van der Waals surface area contributed by atoms with Crippen LogP contribution in [0.3, 0.4) is 0 Å². The molecule has 0 amide bonds. The first-order valence-electron chi connectivity index (χ1n) is 6.50. The molecule has 0 N–H and O–H groups in total. The molecule has 20 heavy (non-hydrogen) atoms. The molecule has 108 valence electrons. The summed E-state index contributed by atoms with van der Waals surface area (Å²) in [5.74, 6) is -0.761. The Morgan fingerprint density at radius 3 is 2.40 bits per heavy atom. The van der Waals surface area contributed by atoms with E-state index >= 15 is 0 Å². The molecule has 1 aromatic carbocycles. The van der Waals surface area contributed by atoms with Gasteiger partial charge in [-0.3, -0.25) is 0 Å². The van der Waals surface area contributed by atoms with Gasteiger partial charge in [-0.1, -0.05) is 24.3 Å². The lowest BCUT2D eigenvalue weighted by atomic mass is 10.2. The molecule has 0 aliphatic rings. The molecule has 0 atom stereocenters. The van der Waals surface area contributed by atoms with Crippen LogP contribution in [0.4, 0.5) is 0 Å². The van der Waals surface area contributed by atoms with E-state index in [0.29, 0.717) is 12.0 Å². The molecule has 0 saturated heterocycles. The highest BCUT2D eigenvalue weighted by Crippen LogP contribution is 2.07. The maximum absolute atomic E-state index is 11.6. The zero-order valence-corrected chi connectivity index (χ0v) is 12.1. The van der Waals surface area contributed by atoms with Gasteiger partial charge in [0.15, 0.2) is 0 Å². The third-order valence-corrected chi connectivity index (χ3v) is 2.19. The van der Waals surface area contributed by atoms with E-state index in [2.05, 4.69) is 0 Å². The van der Waals surface area contributed by atoms with E-state index in [1.54, 1.807) is 51.1 Å². The van der Waals surface area contributed by atoms with Crippen molar-refractivity contribution in [2.24, 2.45) is 0 Å². The van der Waals surface area contributed by atoms with Crippen molar-refractivity contribution in [1.29, 1.82) is 0 Å². The first-order chi connectivity index (χ1) is 9.38. The fourth-order valence-corrected chi connectivity index (χ4v) is 1.39. The maximum atomic E-state index is 11.6. The van der Waals surface area contributed by atoms with Gasteiger partial charge in [-0.15, -0.1) is 0 Å². The van der Waals surface area contributed by atoms with Crippen LogP contribution in [0.5, 0.6) is 0 Å². The van der Waals surface area contributed by atoms with Crippen LogP contribution in [0.2, 0.25) is 0 Å². The molecule has 0 saturated carbocycles. The summed E-state index contributed by atoms with van der Waals surface area (Å²) in [6, 6.07) is 8.77. The summed E-state index contributed by atoms with van der Waals surface area (Å²) in [7, 11) is 0. The Bertz CT molecular complexity index is 469. The molecule has 4 heteroatoms. The molecular formula is C16H20O4. The van der Waals surface area contributed by atoms with E-state index < -0.39 is 11.6 Å². The number of hydrogen-bond acceptors (Lipinski definition) is 4. The summed E-state index contributed by atoms with van der Waals surface area (Å²) < 4.78 is 10.2. The Morgan fingerprint density at radius 1 is 1.15 bits per heavy atom. The van der Waals surface area contributed by atoms with E-state index in [4.69, 9.17) is 9.47 Å². The molecule has 0 aliphatic carbocycles. The van der Waals surface area contributed by atoms with Crippen molar-refractivity contribution >= 4 is 11.9 Å². The summed E-state index contributed by atoms with van der Waals surface area (Å²) in [6.07, 6.45) is 3.45. The van der Waals surface area contributed by atoms with Crippen LogP contribution < -0.4 is 0 Å². The highest BCUT2D eigenvalue weighted by atomic mass is 16.6. The molecule has 1 rings (SSSR count). The highest BCUT2D eigenvalue weighted by molar-refractivity contribution is 5.89. The Labute approximate surface area is 119 Å². The fraction of sp³-hybridized carbons (Fsp3) is 0.375. The van der Waals surface area contributed by atoms with Crippen LogP contribution in [-0.2, 0) is 14.3 Å². The molecule has 1 aromatic rings. The third kappa shape index (κ3) is 6.73. The first-order valence-corrected chi connectivity index (χ1v) is 6.50. The van der Waals surface area contributed by atoms with Gasteiger partial charge in [0.1, 0.15) is 5.60 Å². The molecule has 0 heterocycles. The van der Waals surface area contributed by atoms with Crippen LogP contribution in [0, 0.1) is 0 Å². The van der Waals surface area contributed by atoms with Crippen molar-refractivity contribution < 1.29 is 19.1 Å². The van der Waals surface area contributed by atoms with Gasteiger partial charge < -0.3 is 9.47 Å². The largest absolute Gasteiger partial charge is 0.462 e. The quantitative estimate of drug-likeness (QED) is 0.471. The Kier molecular flexibility index (Phi) is 5.97. The minimum Gasteiger partial charge on any atom is -0.462 e. The second-order valence-electron chi connectivity index (χ2n) is 5.23. The van der Waals surface area contributed by atoms with Crippen LogP contribution in [0.1, 0.15) is 37.6 Å². The molecule has 0 aliphatic heterocycles. The second-order valence-corrected chi connectivity index (χ2v) is 5.23. The smallest absolute Gasteiger partial charge is 0.338 e. The number of hydrogen-bond donors (Lipinski definition) is 0. The van der Waals surface area contributed by atoms with Crippen molar-refractivity contribution in [3.63, 3.8) is 0 Å². The first kappa shape index (κ1) is 16.0. The van der Waals surface area contributed by atoms with Crippen molar-refractivity contribution in [3.05, 3.63) is 48.0 Å². The zero-order valence-electron chi connectivity index (χ0n) is 12.1. The van der Waals surface area contributed by atoms with Crippen LogP contribution in [0.15, 0.2) is 42.5 Å². The van der Waals surface area contributed by atoms with Gasteiger partial charge in [-0.05, 0) is 32.9 Å². The summed E-state index contributed by atoms with van der Waals surface area (Å²) in [5.41, 5.74) is 0.0184. The summed E-state index contributed by atoms with van der Waals surface area (Å²) in [6.45, 7) is 5.65. The van der Waals surface area contributed by atoms with E-state index in [1.807, 2.05) is 6.07 Å². The second kappa shape index (κ2) is 7.48. The lowest BCUT2D eigenvalue weighted by Crippen LogP contribution is -2.22. The van der Waals surface area contributed by atoms with Crippen molar-refractivity contribution in [2.45, 2.75) is 32.8 Å². The van der Waals surface area contributed by atoms with Gasteiger partial charge in [0.05, 0.1) is 12.2 Å². The average molecular weight is 276 g/mol. The van der Waals surface area contributed by atoms with Crippen LogP contribution in [-0.4, -0.2) is 24.1 Å². The topological polar surface area (TPSA) is 52.6 Å². The average Bonchev–Trinajstić information content (AvgIpc) is 2.37. The molecule has 0 bridgehead atoms. The van der Waals surface area contributed by atoms with E-state index in [0.717, 1.165) is 0 Å². The third-order valence-electron chi connectivity index (χ3n) is 2.19. The SMILES string of the molecule is CC(C)(C)OC(=O)/C=C/CCOC(=O)c1ccccc1. The molecule has 0 fully saturated rings. The summed E-state index contributed by atoms with van der Waals surface area (Å²) >= 11 is 0. The number of esters is 2. The molecule has 0 spiro atoms. The Hall–Kier alpha value is -2.10. The normalized spacial score (nSPS) is 11.3. The van der Waals surface area contributed by atoms with Crippen molar-refractivity contribution in [1.82, 2.24) is 0 Å². The van der Waals surface area contributed by atoms with Gasteiger partial charge in [-0.25, -0.2) is 9.59 Å². The number of carbonyl (C=O) groups is 2. The predicted octanol–water partition coefficient (Wildman–Crippen LogP) is 3.13. The van der Waals surface area contributed by atoms with E-state index in [1.165, 1.54) is 6.08 Å². The van der Waals surface area contributed by atoms with Gasteiger partial charge in [0, 0.05) is 12.5 Å². The van der Waals surface area contributed by atoms with Gasteiger partial charge in [-0.2, -0.15) is 0 Å². The monoisotopic (exact) mass is 276 g/mol. The number of rotatable bonds is 5. The minimum absolute atomic E-state index is 0.229. The number of ether oxygens (including phenoxy) is 2. The van der Waals surface area contributed by atoms with Crippen molar-refractivity contribution in [2.75, 3.05) is 6.61 Å². The number of benzene rings is 1. The molecule has 0 unspecified atom stereocenters. The summed E-state index contributed by atoms with van der Waals surface area (Å²) in [5, 5.41) is 0. The van der Waals surface area contributed by atoms with Gasteiger partial charge in [0.2, 0.25) is 0 Å². The number of carbonyl (C=O) groups excluding carboxylic acids is 2. The Balaban J connectivity index is 2.25. The molecule has 4 nitrogen and oxygen atoms in total. The standard InChI is InChI=1S/C16H20O4/c1-16(2,3)20-14(17)11-7-8-12-19-15(18)13-9-5-4-6-10-13/h4-7,9-11H,8,12H2,1-3H3/b11-7+. The molecule has 0 radical (unpaired) electrons. The summed E-state index contributed by atoms with van der Waals surface area (Å²) in [4.78, 5) is 23.0. The molecular weight excluding hydrogens is 256 g/mol. The van der Waals surface area contributed by atoms with Crippen LogP contribution >= 0.6 is 0 Å². The molecule has 0 aromatic heterocycles. The van der Waals surface area contributed by atoms with Gasteiger partial charge in [0.25, 0.3) is 0 Å². The lowest BCUT2D eigenvalue weighted by Gasteiger charge is -2.17. The zero-order chi connectivity index (χ0) is 15.0. The predicted molar refractivity (Wildman–Crippen MR) is 76.3 cm³/mol. The van der Waals surface area contributed by atoms with Crippen LogP contribution in [0.25, 0.3) is 0 Å². The van der Waals surface area contributed by atoms with E-state index in [-0.39, 0.29) is 12.6 Å². The van der Waals surface area contributed by atoms with E-state index in [9.17, 15) is 9.59 Å². The van der Waals surface area contributed by atoms with Crippen molar-refractivity contribution in [3.8, 4) is 0 Å². The minimum atomic E-state index is -0.499.